The number of allylic oxidation sites excluding steroid dienone is 1. The Bertz CT molecular complexity index is 1300. The largest absolute Gasteiger partial charge is 0.487 e. The summed E-state index contributed by atoms with van der Waals surface area (Å²) in [6.45, 7) is 8.01. The minimum absolute atomic E-state index is 0.00298. The van der Waals surface area contributed by atoms with Gasteiger partial charge in [-0.3, -0.25) is 4.79 Å². The first kappa shape index (κ1) is 24.5. The number of ether oxygens (including phenoxy) is 1. The molecule has 37 heavy (non-hydrogen) atoms. The number of carbonyl (C=O) groups is 1. The zero-order valence-corrected chi connectivity index (χ0v) is 21.7. The minimum atomic E-state index is -1.93. The van der Waals surface area contributed by atoms with Gasteiger partial charge in [-0.25, -0.2) is 4.68 Å². The summed E-state index contributed by atoms with van der Waals surface area (Å²) >= 11 is 0. The maximum Gasteiger partial charge on any atom is 0.153 e. The highest BCUT2D eigenvalue weighted by molar-refractivity contribution is 5.95. The Kier molecular flexibility index (Phi) is 5.36. The van der Waals surface area contributed by atoms with Crippen molar-refractivity contribution >= 4 is 5.78 Å². The Morgan fingerprint density at radius 3 is 2.65 bits per heavy atom. The Balaban J connectivity index is 1.42. The molecule has 0 saturated heterocycles. The third-order valence-corrected chi connectivity index (χ3v) is 9.88. The fourth-order valence-electron chi connectivity index (χ4n) is 8.02. The monoisotopic (exact) mass is 505 g/mol. The van der Waals surface area contributed by atoms with Gasteiger partial charge < -0.3 is 20.1 Å². The Labute approximate surface area is 216 Å². The van der Waals surface area contributed by atoms with Gasteiger partial charge in [0.1, 0.15) is 35.8 Å². The Morgan fingerprint density at radius 2 is 1.95 bits per heavy atom. The zero-order chi connectivity index (χ0) is 26.3. The lowest BCUT2D eigenvalue weighted by Crippen LogP contribution is -2.63. The minimum Gasteiger partial charge on any atom is -0.487 e. The molecule has 0 unspecified atom stereocenters. The van der Waals surface area contributed by atoms with E-state index in [4.69, 9.17) is 4.74 Å². The number of fused-ring (bicyclic) bond motifs is 3. The number of hydrogen-bond donors (Lipinski definition) is 3. The van der Waals surface area contributed by atoms with Crippen LogP contribution in [0.4, 0.5) is 0 Å². The molecule has 8 atom stereocenters. The number of ketones is 1. The van der Waals surface area contributed by atoms with Crippen molar-refractivity contribution in [2.24, 2.45) is 34.5 Å². The van der Waals surface area contributed by atoms with E-state index < -0.39 is 35.7 Å². The van der Waals surface area contributed by atoms with Crippen LogP contribution in [-0.4, -0.2) is 54.4 Å². The molecule has 2 aromatic rings. The zero-order valence-electron chi connectivity index (χ0n) is 21.7. The van der Waals surface area contributed by atoms with Crippen molar-refractivity contribution in [3.05, 3.63) is 65.5 Å². The molecule has 1 aromatic carbocycles. The van der Waals surface area contributed by atoms with E-state index in [0.717, 1.165) is 12.0 Å². The number of carbonyl (C=O) groups excluding carboxylic acids is 1. The highest BCUT2D eigenvalue weighted by Crippen LogP contribution is 2.72. The van der Waals surface area contributed by atoms with Crippen molar-refractivity contribution in [1.29, 1.82) is 0 Å². The Hall–Kier alpha value is -2.81. The summed E-state index contributed by atoms with van der Waals surface area (Å²) in [5.74, 6) is 0.414. The van der Waals surface area contributed by atoms with Gasteiger partial charge in [0.25, 0.3) is 0 Å². The third-order valence-electron chi connectivity index (χ3n) is 9.88. The number of Topliss-reactive ketones (excluding diaryl/α,β-unsaturated/α-hetero) is 1. The number of aliphatic hydroxyl groups is 3. The van der Waals surface area contributed by atoms with Crippen LogP contribution in [0.15, 0.2) is 59.8 Å². The van der Waals surface area contributed by atoms with Gasteiger partial charge >= 0.3 is 0 Å². The molecular weight excluding hydrogens is 470 g/mol. The van der Waals surface area contributed by atoms with Crippen LogP contribution in [0.5, 0.6) is 5.75 Å². The molecule has 4 aliphatic carbocycles. The predicted octanol–water partition coefficient (Wildman–Crippen LogP) is 2.87. The van der Waals surface area contributed by atoms with Crippen LogP contribution in [0, 0.1) is 34.5 Å². The van der Waals surface area contributed by atoms with Crippen LogP contribution < -0.4 is 4.74 Å². The number of nitrogens with zero attached hydrogens (tertiary/aromatic N) is 3. The van der Waals surface area contributed by atoms with Crippen LogP contribution in [0.3, 0.4) is 0 Å². The molecule has 0 amide bonds. The smallest absolute Gasteiger partial charge is 0.153 e. The quantitative estimate of drug-likeness (QED) is 0.535. The summed E-state index contributed by atoms with van der Waals surface area (Å²) in [5.41, 5.74) is -1.65. The van der Waals surface area contributed by atoms with Crippen molar-refractivity contribution < 1.29 is 24.9 Å². The van der Waals surface area contributed by atoms with E-state index in [1.165, 1.54) is 0 Å². The van der Waals surface area contributed by atoms with Crippen LogP contribution in [0.2, 0.25) is 0 Å². The first-order valence-electron chi connectivity index (χ1n) is 13.1. The fraction of sp³-hybridized carbons (Fsp3) is 0.552. The molecule has 6 rings (SSSR count). The number of para-hydroxylation sites is 1. The second-order valence-electron chi connectivity index (χ2n) is 12.1. The second-order valence-corrected chi connectivity index (χ2v) is 12.1. The predicted molar refractivity (Wildman–Crippen MR) is 135 cm³/mol. The van der Waals surface area contributed by atoms with Crippen LogP contribution in [-0.2, 0) is 11.4 Å². The summed E-state index contributed by atoms with van der Waals surface area (Å²) in [6, 6.07) is 8.56. The van der Waals surface area contributed by atoms with E-state index in [1.54, 1.807) is 17.0 Å². The first-order valence-corrected chi connectivity index (χ1v) is 13.1. The summed E-state index contributed by atoms with van der Waals surface area (Å²) < 4.78 is 7.35. The molecule has 1 heterocycles. The van der Waals surface area contributed by atoms with E-state index >= 15 is 0 Å². The summed E-state index contributed by atoms with van der Waals surface area (Å²) in [7, 11) is 0. The summed E-state index contributed by atoms with van der Waals surface area (Å²) in [4.78, 5) is 14.5. The van der Waals surface area contributed by atoms with Gasteiger partial charge in [0, 0.05) is 5.92 Å². The molecule has 1 aromatic heterocycles. The van der Waals surface area contributed by atoms with Gasteiger partial charge in [-0.15, -0.1) is 5.10 Å². The van der Waals surface area contributed by atoms with Crippen LogP contribution >= 0.6 is 0 Å². The molecule has 8 heteroatoms. The molecule has 8 nitrogen and oxygen atoms in total. The van der Waals surface area contributed by atoms with Gasteiger partial charge in [0.15, 0.2) is 5.78 Å². The second kappa shape index (κ2) is 8.09. The normalized spacial score (nSPS) is 39.6. The standard InChI is InChI=1S/C29H35N3O5/c1-16-12-28-17(2)10-22-23(27(22,3)4)21(26(28)35)11-18(14-33)25(34)29(28,36)24(16)32-13-19(30-31-32)15-37-20-8-6-5-7-9-20/h5-9,11-13,17,21-25,33-34,36H,10,14-15H2,1-4H3/t17-,21+,22-,23+,24+,25-,28+,29-/m1/s1. The van der Waals surface area contributed by atoms with E-state index in [1.807, 2.05) is 50.3 Å². The molecule has 1 spiro atoms. The molecule has 0 aliphatic heterocycles. The lowest BCUT2D eigenvalue weighted by molar-refractivity contribution is -0.175. The van der Waals surface area contributed by atoms with E-state index in [0.29, 0.717) is 22.9 Å². The molecular formula is C29H35N3O5. The molecule has 196 valence electrons. The fourth-order valence-corrected chi connectivity index (χ4v) is 8.02. The molecule has 2 fully saturated rings. The first-order chi connectivity index (χ1) is 17.6. The SMILES string of the molecule is CC1=C[C@]23C(=O)[C@@H](C=C(CO)[C@@H](O)[C@]2(O)[C@H]1n1cc(COc2ccccc2)nn1)[C@H]1[C@@H](C[C@H]3C)C1(C)C. The van der Waals surface area contributed by atoms with Gasteiger partial charge in [-0.05, 0) is 59.8 Å². The number of benzene rings is 1. The molecule has 2 bridgehead atoms. The van der Waals surface area contributed by atoms with Crippen molar-refractivity contribution in [2.45, 2.75) is 58.5 Å². The lowest BCUT2D eigenvalue weighted by Gasteiger charge is -2.49. The topological polar surface area (TPSA) is 118 Å². The van der Waals surface area contributed by atoms with Gasteiger partial charge in [-0.2, -0.15) is 0 Å². The highest BCUT2D eigenvalue weighted by atomic mass is 16.5. The molecule has 0 radical (unpaired) electrons. The van der Waals surface area contributed by atoms with Crippen molar-refractivity contribution in [1.82, 2.24) is 15.0 Å². The summed E-state index contributed by atoms with van der Waals surface area (Å²) in [5, 5.41) is 43.3. The summed E-state index contributed by atoms with van der Waals surface area (Å²) in [6.07, 6.45) is 4.66. The lowest BCUT2D eigenvalue weighted by atomic mass is 9.58. The van der Waals surface area contributed by atoms with E-state index in [2.05, 4.69) is 24.2 Å². The van der Waals surface area contributed by atoms with Gasteiger partial charge in [-0.1, -0.05) is 56.3 Å². The number of aliphatic hydroxyl groups excluding tert-OH is 2. The van der Waals surface area contributed by atoms with Crippen molar-refractivity contribution in [2.75, 3.05) is 6.61 Å². The average molecular weight is 506 g/mol. The average Bonchev–Trinajstić information content (AvgIpc) is 3.15. The number of rotatable bonds is 5. The molecule has 2 saturated carbocycles. The highest BCUT2D eigenvalue weighted by Gasteiger charge is 2.76. The molecule has 4 aliphatic rings. The van der Waals surface area contributed by atoms with E-state index in [9.17, 15) is 20.1 Å². The van der Waals surface area contributed by atoms with Crippen molar-refractivity contribution in [3.8, 4) is 5.75 Å². The van der Waals surface area contributed by atoms with Crippen LogP contribution in [0.1, 0.15) is 45.9 Å². The van der Waals surface area contributed by atoms with Crippen molar-refractivity contribution in [3.63, 3.8) is 0 Å². The molecule has 3 N–H and O–H groups in total. The van der Waals surface area contributed by atoms with E-state index in [-0.39, 0.29) is 29.6 Å². The maximum absolute atomic E-state index is 14.5. The third kappa shape index (κ3) is 3.15. The Morgan fingerprint density at radius 1 is 1.22 bits per heavy atom. The number of aromatic nitrogens is 3. The van der Waals surface area contributed by atoms with Gasteiger partial charge in [0.2, 0.25) is 0 Å². The maximum atomic E-state index is 14.5. The van der Waals surface area contributed by atoms with Gasteiger partial charge in [0.05, 0.1) is 18.2 Å². The van der Waals surface area contributed by atoms with Crippen LogP contribution in [0.25, 0.3) is 0 Å². The number of hydrogen-bond acceptors (Lipinski definition) is 7.